The highest BCUT2D eigenvalue weighted by molar-refractivity contribution is 5.55. The van der Waals surface area contributed by atoms with Crippen molar-refractivity contribution in [2.75, 3.05) is 13.2 Å². The molecule has 0 saturated heterocycles. The Bertz CT molecular complexity index is 727. The van der Waals surface area contributed by atoms with Crippen molar-refractivity contribution in [3.63, 3.8) is 0 Å². The number of aliphatic hydroxyl groups is 1. The van der Waals surface area contributed by atoms with E-state index in [1.54, 1.807) is 0 Å². The van der Waals surface area contributed by atoms with Gasteiger partial charge >= 0.3 is 0 Å². The molecule has 3 nitrogen and oxygen atoms in total. The van der Waals surface area contributed by atoms with Crippen molar-refractivity contribution >= 4 is 0 Å². The molecule has 2 aliphatic rings. The van der Waals surface area contributed by atoms with Crippen molar-refractivity contribution in [2.24, 2.45) is 0 Å². The molecule has 0 spiro atoms. The highest BCUT2D eigenvalue weighted by Gasteiger charge is 2.51. The lowest BCUT2D eigenvalue weighted by Crippen LogP contribution is -2.44. The van der Waals surface area contributed by atoms with Crippen molar-refractivity contribution in [2.45, 2.75) is 56.7 Å². The van der Waals surface area contributed by atoms with E-state index in [1.807, 2.05) is 24.3 Å². The van der Waals surface area contributed by atoms with Crippen molar-refractivity contribution in [1.82, 2.24) is 0 Å². The van der Waals surface area contributed by atoms with E-state index in [1.165, 1.54) is 24.0 Å². The van der Waals surface area contributed by atoms with Gasteiger partial charge in [0.1, 0.15) is 11.4 Å². The molecular weight excluding hydrogens is 324 g/mol. The van der Waals surface area contributed by atoms with Gasteiger partial charge in [-0.05, 0) is 36.5 Å². The fourth-order valence-electron chi connectivity index (χ4n) is 4.47. The normalized spacial score (nSPS) is 24.9. The molecule has 1 aliphatic carbocycles. The summed E-state index contributed by atoms with van der Waals surface area (Å²) in [5.74, 6) is 1.03. The van der Waals surface area contributed by atoms with Crippen LogP contribution in [0.5, 0.6) is 5.75 Å². The van der Waals surface area contributed by atoms with Crippen LogP contribution >= 0.6 is 0 Å². The summed E-state index contributed by atoms with van der Waals surface area (Å²) in [5.41, 5.74) is 2.72. The third-order valence-corrected chi connectivity index (χ3v) is 5.82. The van der Waals surface area contributed by atoms with Crippen LogP contribution < -0.4 is 4.74 Å². The Balaban J connectivity index is 1.44. The topological polar surface area (TPSA) is 38.7 Å². The van der Waals surface area contributed by atoms with Gasteiger partial charge in [-0.25, -0.2) is 0 Å². The Labute approximate surface area is 156 Å². The largest absolute Gasteiger partial charge is 0.493 e. The van der Waals surface area contributed by atoms with Crippen LogP contribution in [0.2, 0.25) is 0 Å². The van der Waals surface area contributed by atoms with E-state index in [9.17, 15) is 5.11 Å². The zero-order valence-corrected chi connectivity index (χ0v) is 15.3. The maximum absolute atomic E-state index is 11.5. The summed E-state index contributed by atoms with van der Waals surface area (Å²) in [4.78, 5) is 0. The molecule has 0 aromatic heterocycles. The zero-order valence-electron chi connectivity index (χ0n) is 15.3. The minimum Gasteiger partial charge on any atom is -0.493 e. The number of rotatable bonds is 5. The first kappa shape index (κ1) is 17.6. The summed E-state index contributed by atoms with van der Waals surface area (Å²) in [6, 6.07) is 16.4. The summed E-state index contributed by atoms with van der Waals surface area (Å²) >= 11 is 0. The molecule has 4 rings (SSSR count). The second-order valence-corrected chi connectivity index (χ2v) is 7.54. The zero-order chi connectivity index (χ0) is 17.8. The van der Waals surface area contributed by atoms with E-state index in [0.29, 0.717) is 13.2 Å². The maximum Gasteiger partial charge on any atom is 0.125 e. The fraction of sp³-hybridized carbons (Fsp3) is 0.478. The Hall–Kier alpha value is -1.84. The predicted octanol–water partition coefficient (Wildman–Crippen LogP) is 4.92. The summed E-state index contributed by atoms with van der Waals surface area (Å²) in [5, 5.41) is 11.5. The molecule has 0 fully saturated rings. The van der Waals surface area contributed by atoms with E-state index >= 15 is 0 Å². The third-order valence-electron chi connectivity index (χ3n) is 5.82. The summed E-state index contributed by atoms with van der Waals surface area (Å²) in [6.07, 6.45) is 6.18. The van der Waals surface area contributed by atoms with Gasteiger partial charge in [-0.1, -0.05) is 61.7 Å². The molecule has 0 unspecified atom stereocenters. The van der Waals surface area contributed by atoms with Crippen molar-refractivity contribution in [3.05, 3.63) is 65.2 Å². The van der Waals surface area contributed by atoms with Crippen LogP contribution in [0, 0.1) is 0 Å². The van der Waals surface area contributed by atoms with Crippen LogP contribution in [0.1, 0.15) is 61.1 Å². The summed E-state index contributed by atoms with van der Waals surface area (Å²) < 4.78 is 11.9. The highest BCUT2D eigenvalue weighted by Crippen LogP contribution is 2.57. The first-order chi connectivity index (χ1) is 12.8. The molecule has 3 heteroatoms. The first-order valence-electron chi connectivity index (χ1n) is 9.89. The number of ether oxygens (including phenoxy) is 2. The maximum atomic E-state index is 11.5. The predicted molar refractivity (Wildman–Crippen MR) is 102 cm³/mol. The molecule has 2 aromatic carbocycles. The molecule has 2 atom stereocenters. The summed E-state index contributed by atoms with van der Waals surface area (Å²) in [6.45, 7) is 2.03. The van der Waals surface area contributed by atoms with E-state index in [0.717, 1.165) is 43.6 Å². The van der Waals surface area contributed by atoms with Gasteiger partial charge < -0.3 is 14.6 Å². The Morgan fingerprint density at radius 3 is 2.73 bits per heavy atom. The molecule has 26 heavy (non-hydrogen) atoms. The SMILES string of the molecule is O[C@@]12CCCCCCOc3cccc(c31)[C@@H]2CCOCc1ccccc1. The van der Waals surface area contributed by atoms with Gasteiger partial charge in [-0.15, -0.1) is 0 Å². The van der Waals surface area contributed by atoms with Gasteiger partial charge in [0.2, 0.25) is 0 Å². The number of hydrogen-bond donors (Lipinski definition) is 1. The van der Waals surface area contributed by atoms with Crippen LogP contribution in [-0.4, -0.2) is 18.3 Å². The molecule has 0 radical (unpaired) electrons. The number of benzene rings is 2. The molecule has 0 bridgehead atoms. The standard InChI is InChI=1S/C23H28O3/c24-23-14-6-1-2-7-15-26-21-12-8-11-19(22(21)23)20(23)13-16-25-17-18-9-4-3-5-10-18/h3-5,8-12,20,24H,1-2,6-7,13-17H2/t20-,23+/m0/s1. The lowest BCUT2D eigenvalue weighted by Gasteiger charge is -2.49. The fourth-order valence-corrected chi connectivity index (χ4v) is 4.47. The first-order valence-corrected chi connectivity index (χ1v) is 9.89. The second-order valence-electron chi connectivity index (χ2n) is 7.54. The Kier molecular flexibility index (Phi) is 5.28. The minimum atomic E-state index is -0.751. The van der Waals surface area contributed by atoms with E-state index < -0.39 is 5.60 Å². The third kappa shape index (κ3) is 3.38. The van der Waals surface area contributed by atoms with Crippen LogP contribution in [0.3, 0.4) is 0 Å². The Morgan fingerprint density at radius 2 is 1.85 bits per heavy atom. The van der Waals surface area contributed by atoms with E-state index in [2.05, 4.69) is 24.3 Å². The Morgan fingerprint density at radius 1 is 1.00 bits per heavy atom. The van der Waals surface area contributed by atoms with Gasteiger partial charge in [-0.2, -0.15) is 0 Å². The smallest absolute Gasteiger partial charge is 0.125 e. The van der Waals surface area contributed by atoms with Crippen LogP contribution in [0.15, 0.2) is 48.5 Å². The van der Waals surface area contributed by atoms with E-state index in [4.69, 9.17) is 9.47 Å². The van der Waals surface area contributed by atoms with Crippen molar-refractivity contribution in [3.8, 4) is 5.75 Å². The van der Waals surface area contributed by atoms with Gasteiger partial charge in [0.25, 0.3) is 0 Å². The van der Waals surface area contributed by atoms with Crippen molar-refractivity contribution in [1.29, 1.82) is 0 Å². The van der Waals surface area contributed by atoms with Crippen molar-refractivity contribution < 1.29 is 14.6 Å². The van der Waals surface area contributed by atoms with Gasteiger partial charge in [0, 0.05) is 18.1 Å². The lowest BCUT2D eigenvalue weighted by atomic mass is 9.60. The molecule has 1 heterocycles. The molecule has 1 N–H and O–H groups in total. The average Bonchev–Trinajstić information content (AvgIpc) is 2.67. The highest BCUT2D eigenvalue weighted by atomic mass is 16.5. The van der Waals surface area contributed by atoms with Crippen LogP contribution in [0.4, 0.5) is 0 Å². The van der Waals surface area contributed by atoms with Gasteiger partial charge in [-0.3, -0.25) is 0 Å². The summed E-state index contributed by atoms with van der Waals surface area (Å²) in [7, 11) is 0. The van der Waals surface area contributed by atoms with Gasteiger partial charge in [0.05, 0.1) is 13.2 Å². The lowest BCUT2D eigenvalue weighted by molar-refractivity contribution is -0.0460. The molecule has 0 saturated carbocycles. The monoisotopic (exact) mass is 352 g/mol. The van der Waals surface area contributed by atoms with Crippen LogP contribution in [0.25, 0.3) is 0 Å². The van der Waals surface area contributed by atoms with Crippen LogP contribution in [-0.2, 0) is 16.9 Å². The molecule has 2 aromatic rings. The molecule has 138 valence electrons. The quantitative estimate of drug-likeness (QED) is 0.776. The molecule has 0 amide bonds. The van der Waals surface area contributed by atoms with Gasteiger partial charge in [0.15, 0.2) is 0 Å². The van der Waals surface area contributed by atoms with E-state index in [-0.39, 0.29) is 5.92 Å². The second kappa shape index (κ2) is 7.81. The number of hydrogen-bond acceptors (Lipinski definition) is 3. The average molecular weight is 352 g/mol. The molecular formula is C23H28O3. The molecule has 1 aliphatic heterocycles. The minimum absolute atomic E-state index is 0.149.